The number of aromatic nitrogens is 1. The number of aryl methyl sites for hydroxylation is 1. The lowest BCUT2D eigenvalue weighted by molar-refractivity contribution is 0.424. The number of thioether (sulfide) groups is 1. The quantitative estimate of drug-likeness (QED) is 0.828. The third-order valence-corrected chi connectivity index (χ3v) is 4.28. The summed E-state index contributed by atoms with van der Waals surface area (Å²) in [4.78, 5) is 7.04. The summed E-state index contributed by atoms with van der Waals surface area (Å²) in [5.41, 5.74) is 2.52. The molecule has 0 fully saturated rings. The average molecular weight is 310 g/mol. The molecule has 0 saturated carbocycles. The molecule has 3 nitrogen and oxygen atoms in total. The highest BCUT2D eigenvalue weighted by molar-refractivity contribution is 7.98. The Hall–Kier alpha value is -0.740. The van der Waals surface area contributed by atoms with Gasteiger partial charge in [-0.15, -0.1) is 0 Å². The van der Waals surface area contributed by atoms with E-state index >= 15 is 0 Å². The van der Waals surface area contributed by atoms with Crippen LogP contribution in [0.2, 0.25) is 0 Å². The van der Waals surface area contributed by atoms with Gasteiger partial charge >= 0.3 is 0 Å². The van der Waals surface area contributed by atoms with Gasteiger partial charge in [0, 0.05) is 36.6 Å². The van der Waals surface area contributed by atoms with Crippen molar-refractivity contribution in [1.29, 1.82) is 0 Å². The van der Waals surface area contributed by atoms with Crippen LogP contribution in [0, 0.1) is 6.92 Å². The Kier molecular flexibility index (Phi) is 7.01. The molecule has 0 aliphatic heterocycles. The molecule has 0 amide bonds. The zero-order valence-electron chi connectivity index (χ0n) is 14.7. The number of pyridine rings is 1. The van der Waals surface area contributed by atoms with Gasteiger partial charge in [-0.25, -0.2) is 4.98 Å². The number of rotatable bonds is 7. The smallest absolute Gasteiger partial charge is 0.129 e. The molecular formula is C17H31N3S. The molecule has 1 rings (SSSR count). The number of nitrogens with one attached hydrogen (secondary N) is 1. The van der Waals surface area contributed by atoms with Crippen molar-refractivity contribution < 1.29 is 0 Å². The van der Waals surface area contributed by atoms with Gasteiger partial charge in [0.1, 0.15) is 5.82 Å². The summed E-state index contributed by atoms with van der Waals surface area (Å²) in [6.07, 6.45) is 3.31. The Labute approximate surface area is 134 Å². The van der Waals surface area contributed by atoms with E-state index < -0.39 is 0 Å². The summed E-state index contributed by atoms with van der Waals surface area (Å²) >= 11 is 1.90. The SMILES string of the molecule is CCC(CSC)N(C)c1cc(CNC(C)(C)C)cc(C)n1. The Morgan fingerprint density at radius 1 is 1.33 bits per heavy atom. The van der Waals surface area contributed by atoms with Gasteiger partial charge in [-0.2, -0.15) is 11.8 Å². The fourth-order valence-electron chi connectivity index (χ4n) is 2.25. The Balaban J connectivity index is 2.90. The monoisotopic (exact) mass is 309 g/mol. The topological polar surface area (TPSA) is 28.2 Å². The fraction of sp³-hybridized carbons (Fsp3) is 0.706. The summed E-state index contributed by atoms with van der Waals surface area (Å²) in [6.45, 7) is 11.8. The molecule has 120 valence electrons. The fourth-order valence-corrected chi connectivity index (χ4v) is 3.10. The molecule has 0 aromatic carbocycles. The zero-order valence-corrected chi connectivity index (χ0v) is 15.5. The van der Waals surface area contributed by atoms with Crippen LogP contribution in [0.5, 0.6) is 0 Å². The second-order valence-corrected chi connectivity index (χ2v) is 7.62. The number of hydrogen-bond donors (Lipinski definition) is 1. The van der Waals surface area contributed by atoms with Gasteiger partial charge in [-0.3, -0.25) is 0 Å². The van der Waals surface area contributed by atoms with E-state index in [1.165, 1.54) is 5.56 Å². The molecule has 0 saturated heterocycles. The molecule has 0 spiro atoms. The van der Waals surface area contributed by atoms with E-state index in [-0.39, 0.29) is 5.54 Å². The second kappa shape index (κ2) is 8.04. The van der Waals surface area contributed by atoms with Crippen LogP contribution in [0.4, 0.5) is 5.82 Å². The van der Waals surface area contributed by atoms with Crippen molar-refractivity contribution in [2.75, 3.05) is 24.0 Å². The lowest BCUT2D eigenvalue weighted by Crippen LogP contribution is -2.36. The number of anilines is 1. The van der Waals surface area contributed by atoms with Gasteiger partial charge in [0.2, 0.25) is 0 Å². The Morgan fingerprint density at radius 3 is 2.52 bits per heavy atom. The van der Waals surface area contributed by atoms with E-state index in [1.54, 1.807) is 0 Å². The van der Waals surface area contributed by atoms with Crippen LogP contribution >= 0.6 is 11.8 Å². The van der Waals surface area contributed by atoms with E-state index in [0.29, 0.717) is 6.04 Å². The summed E-state index contributed by atoms with van der Waals surface area (Å²) in [5.74, 6) is 2.22. The van der Waals surface area contributed by atoms with Crippen molar-refractivity contribution in [1.82, 2.24) is 10.3 Å². The molecule has 0 aliphatic rings. The van der Waals surface area contributed by atoms with Crippen LogP contribution in [-0.2, 0) is 6.54 Å². The van der Waals surface area contributed by atoms with E-state index in [1.807, 2.05) is 11.8 Å². The number of hydrogen-bond acceptors (Lipinski definition) is 4. The van der Waals surface area contributed by atoms with E-state index in [9.17, 15) is 0 Å². The third kappa shape index (κ3) is 6.27. The first kappa shape index (κ1) is 18.3. The molecule has 1 aromatic rings. The molecular weight excluding hydrogens is 278 g/mol. The van der Waals surface area contributed by atoms with Crippen molar-refractivity contribution in [2.45, 2.75) is 59.2 Å². The lowest BCUT2D eigenvalue weighted by Gasteiger charge is -2.29. The summed E-state index contributed by atoms with van der Waals surface area (Å²) < 4.78 is 0. The first-order valence-corrected chi connectivity index (χ1v) is 9.10. The van der Waals surface area contributed by atoms with Crippen LogP contribution in [-0.4, -0.2) is 35.6 Å². The molecule has 1 unspecified atom stereocenters. The van der Waals surface area contributed by atoms with E-state index in [4.69, 9.17) is 4.98 Å². The molecule has 4 heteroatoms. The first-order chi connectivity index (χ1) is 9.76. The largest absolute Gasteiger partial charge is 0.356 e. The maximum Gasteiger partial charge on any atom is 0.129 e. The van der Waals surface area contributed by atoms with Crippen LogP contribution in [0.3, 0.4) is 0 Å². The minimum absolute atomic E-state index is 0.133. The Bertz CT molecular complexity index is 440. The first-order valence-electron chi connectivity index (χ1n) is 7.71. The highest BCUT2D eigenvalue weighted by Gasteiger charge is 2.15. The van der Waals surface area contributed by atoms with E-state index in [2.05, 4.69) is 70.3 Å². The average Bonchev–Trinajstić information content (AvgIpc) is 2.40. The molecule has 21 heavy (non-hydrogen) atoms. The van der Waals surface area contributed by atoms with E-state index in [0.717, 1.165) is 30.2 Å². The van der Waals surface area contributed by atoms with Crippen LogP contribution in [0.15, 0.2) is 12.1 Å². The number of nitrogens with zero attached hydrogens (tertiary/aromatic N) is 2. The molecule has 1 aromatic heterocycles. The molecule has 0 bridgehead atoms. The predicted octanol–water partition coefficient (Wildman–Crippen LogP) is 3.86. The lowest BCUT2D eigenvalue weighted by atomic mass is 10.1. The second-order valence-electron chi connectivity index (χ2n) is 6.71. The van der Waals surface area contributed by atoms with Gasteiger partial charge in [0.15, 0.2) is 0 Å². The van der Waals surface area contributed by atoms with Crippen molar-refractivity contribution in [3.63, 3.8) is 0 Å². The van der Waals surface area contributed by atoms with Gasteiger partial charge in [-0.1, -0.05) is 6.92 Å². The van der Waals surface area contributed by atoms with Crippen LogP contribution in [0.25, 0.3) is 0 Å². The predicted molar refractivity (Wildman–Crippen MR) is 96.4 cm³/mol. The van der Waals surface area contributed by atoms with Crippen molar-refractivity contribution in [2.24, 2.45) is 0 Å². The van der Waals surface area contributed by atoms with Crippen molar-refractivity contribution in [3.05, 3.63) is 23.4 Å². The van der Waals surface area contributed by atoms with Gasteiger partial charge < -0.3 is 10.2 Å². The normalized spacial score (nSPS) is 13.3. The minimum Gasteiger partial charge on any atom is -0.356 e. The molecule has 1 atom stereocenters. The molecule has 1 N–H and O–H groups in total. The summed E-state index contributed by atoms with van der Waals surface area (Å²) in [5, 5.41) is 3.55. The molecule has 0 aliphatic carbocycles. The van der Waals surface area contributed by atoms with Gasteiger partial charge in [-0.05, 0) is 58.1 Å². The highest BCUT2D eigenvalue weighted by atomic mass is 32.2. The maximum absolute atomic E-state index is 4.72. The highest BCUT2D eigenvalue weighted by Crippen LogP contribution is 2.19. The zero-order chi connectivity index (χ0) is 16.0. The van der Waals surface area contributed by atoms with Crippen LogP contribution in [0.1, 0.15) is 45.4 Å². The molecule has 1 heterocycles. The standard InChI is InChI=1S/C17H31N3S/c1-8-15(12-21-7)20(6)16-10-14(9-13(2)19-16)11-18-17(3,4)5/h9-10,15,18H,8,11-12H2,1-7H3. The van der Waals surface area contributed by atoms with Crippen molar-refractivity contribution in [3.8, 4) is 0 Å². The Morgan fingerprint density at radius 2 is 2.00 bits per heavy atom. The summed E-state index contributed by atoms with van der Waals surface area (Å²) in [7, 11) is 2.16. The van der Waals surface area contributed by atoms with Gasteiger partial charge in [0.25, 0.3) is 0 Å². The third-order valence-electron chi connectivity index (χ3n) is 3.56. The van der Waals surface area contributed by atoms with Crippen molar-refractivity contribution >= 4 is 17.6 Å². The van der Waals surface area contributed by atoms with Crippen LogP contribution < -0.4 is 10.2 Å². The van der Waals surface area contributed by atoms with Gasteiger partial charge in [0.05, 0.1) is 0 Å². The minimum atomic E-state index is 0.133. The summed E-state index contributed by atoms with van der Waals surface area (Å²) in [6, 6.07) is 4.93. The maximum atomic E-state index is 4.72. The molecule has 0 radical (unpaired) electrons.